The number of hydrogen-bond acceptors (Lipinski definition) is 2. The predicted octanol–water partition coefficient (Wildman–Crippen LogP) is 19.3. The fourth-order valence-electron chi connectivity index (χ4n) is 15.4. The van der Waals surface area contributed by atoms with E-state index in [1.165, 1.54) is 111 Å². The summed E-state index contributed by atoms with van der Waals surface area (Å²) < 4.78 is 0. The van der Waals surface area contributed by atoms with E-state index in [4.69, 9.17) is 9.97 Å². The molecule has 0 aliphatic heterocycles. The third-order valence-corrected chi connectivity index (χ3v) is 18.5. The van der Waals surface area contributed by atoms with Gasteiger partial charge >= 0.3 is 0 Å². The molecule has 4 aliphatic carbocycles. The molecule has 0 unspecified atom stereocenters. The highest BCUT2D eigenvalue weighted by atomic mass is 14.8. The summed E-state index contributed by atoms with van der Waals surface area (Å²) in [6.45, 7) is 0. The number of fused-ring (bicyclic) bond motifs is 23. The monoisotopic (exact) mass is 1010 g/mol. The molecule has 0 N–H and O–H groups in total. The Bertz CT molecular complexity index is 4590. The summed E-state index contributed by atoms with van der Waals surface area (Å²) in [6, 6.07) is 104. The van der Waals surface area contributed by atoms with Crippen LogP contribution in [0.2, 0.25) is 0 Å². The lowest BCUT2D eigenvalue weighted by molar-refractivity contribution is 0.794. The smallest absolute Gasteiger partial charge is 0.0979 e. The summed E-state index contributed by atoms with van der Waals surface area (Å²) in [5.41, 5.74) is 29.3. The van der Waals surface area contributed by atoms with Gasteiger partial charge in [0.15, 0.2) is 0 Å². The summed E-state index contributed by atoms with van der Waals surface area (Å²) >= 11 is 0. The second-order valence-electron chi connectivity index (χ2n) is 22.1. The Morgan fingerprint density at radius 2 is 0.463 bits per heavy atom. The zero-order valence-corrected chi connectivity index (χ0v) is 43.5. The van der Waals surface area contributed by atoms with Crippen molar-refractivity contribution in [1.29, 1.82) is 0 Å². The molecule has 368 valence electrons. The van der Waals surface area contributed by atoms with Crippen molar-refractivity contribution in [3.05, 3.63) is 324 Å². The lowest BCUT2D eigenvalue weighted by Gasteiger charge is -2.31. The average molecular weight is 1010 g/mol. The molecule has 18 rings (SSSR count). The molecular weight excluding hydrogens is 965 g/mol. The van der Waals surface area contributed by atoms with Gasteiger partial charge in [-0.25, -0.2) is 9.97 Å². The van der Waals surface area contributed by atoms with Gasteiger partial charge in [-0.3, -0.25) is 0 Å². The molecule has 0 radical (unpaired) electrons. The van der Waals surface area contributed by atoms with Crippen LogP contribution in [-0.2, 0) is 10.8 Å². The second kappa shape index (κ2) is 16.1. The fourth-order valence-corrected chi connectivity index (χ4v) is 15.4. The lowest BCUT2D eigenvalue weighted by Crippen LogP contribution is -2.26. The Labute approximate surface area is 463 Å². The van der Waals surface area contributed by atoms with Gasteiger partial charge < -0.3 is 0 Å². The summed E-state index contributed by atoms with van der Waals surface area (Å²) in [5.74, 6) is 0. The molecule has 1 aromatic heterocycles. The van der Waals surface area contributed by atoms with E-state index >= 15 is 0 Å². The molecule has 0 saturated heterocycles. The zero-order chi connectivity index (χ0) is 52.3. The topological polar surface area (TPSA) is 25.8 Å². The molecule has 2 nitrogen and oxygen atoms in total. The van der Waals surface area contributed by atoms with Crippen LogP contribution in [0.25, 0.3) is 122 Å². The molecule has 0 fully saturated rings. The minimum Gasteiger partial charge on any atom is -0.243 e. The van der Waals surface area contributed by atoms with Crippen molar-refractivity contribution >= 4 is 32.6 Å². The maximum absolute atomic E-state index is 6.18. The third kappa shape index (κ3) is 5.57. The van der Waals surface area contributed by atoms with E-state index in [0.717, 1.165) is 55.8 Å². The van der Waals surface area contributed by atoms with E-state index in [0.29, 0.717) is 0 Å². The molecule has 13 aromatic carbocycles. The van der Waals surface area contributed by atoms with Crippen LogP contribution >= 0.6 is 0 Å². The van der Waals surface area contributed by atoms with Crippen LogP contribution < -0.4 is 0 Å². The first-order chi connectivity index (χ1) is 39.7. The number of nitrogens with zero attached hydrogens (tertiary/aromatic N) is 2. The van der Waals surface area contributed by atoms with E-state index in [1.54, 1.807) is 0 Å². The quantitative estimate of drug-likeness (QED) is 0.176. The van der Waals surface area contributed by atoms with Crippen molar-refractivity contribution in [2.24, 2.45) is 0 Å². The Morgan fingerprint density at radius 3 is 0.812 bits per heavy atom. The third-order valence-electron chi connectivity index (χ3n) is 18.5. The second-order valence-corrected chi connectivity index (χ2v) is 22.1. The Morgan fingerprint density at radius 1 is 0.200 bits per heavy atom. The van der Waals surface area contributed by atoms with Crippen LogP contribution in [0.15, 0.2) is 279 Å². The molecule has 4 aliphatic rings. The number of rotatable bonds is 4. The molecule has 0 atom stereocenters. The van der Waals surface area contributed by atoms with Gasteiger partial charge in [-0.15, -0.1) is 0 Å². The van der Waals surface area contributed by atoms with E-state index in [-0.39, 0.29) is 0 Å². The highest BCUT2D eigenvalue weighted by Crippen LogP contribution is 2.65. The van der Waals surface area contributed by atoms with E-state index in [1.807, 2.05) is 0 Å². The summed E-state index contributed by atoms with van der Waals surface area (Å²) in [6.07, 6.45) is 0. The maximum atomic E-state index is 6.18. The minimum absolute atomic E-state index is 0.538. The van der Waals surface area contributed by atoms with Crippen LogP contribution in [0.3, 0.4) is 0 Å². The van der Waals surface area contributed by atoms with Crippen LogP contribution in [0, 0.1) is 0 Å². The lowest BCUT2D eigenvalue weighted by atomic mass is 9.70. The van der Waals surface area contributed by atoms with Crippen molar-refractivity contribution < 1.29 is 0 Å². The predicted molar refractivity (Wildman–Crippen MR) is 329 cm³/mol. The van der Waals surface area contributed by atoms with Gasteiger partial charge in [0.1, 0.15) is 0 Å². The zero-order valence-electron chi connectivity index (χ0n) is 43.5. The van der Waals surface area contributed by atoms with Crippen molar-refractivity contribution in [2.45, 2.75) is 10.8 Å². The number of benzene rings is 13. The molecule has 2 heteroatoms. The Kier molecular flexibility index (Phi) is 8.83. The van der Waals surface area contributed by atoms with Gasteiger partial charge in [-0.05, 0) is 134 Å². The normalized spacial score (nSPS) is 13.9. The minimum atomic E-state index is -0.538. The molecule has 80 heavy (non-hydrogen) atoms. The largest absolute Gasteiger partial charge is 0.243 e. The highest BCUT2D eigenvalue weighted by molar-refractivity contribution is 6.11. The molecule has 0 bridgehead atoms. The van der Waals surface area contributed by atoms with Gasteiger partial charge in [0.25, 0.3) is 0 Å². The van der Waals surface area contributed by atoms with Crippen LogP contribution in [-0.4, -0.2) is 9.97 Å². The first-order valence-corrected chi connectivity index (χ1v) is 27.9. The Hall–Kier alpha value is -10.3. The van der Waals surface area contributed by atoms with E-state index in [2.05, 4.69) is 279 Å². The van der Waals surface area contributed by atoms with E-state index < -0.39 is 10.8 Å². The molecule has 1 heterocycles. The van der Waals surface area contributed by atoms with Gasteiger partial charge in [-0.1, -0.05) is 267 Å². The summed E-state index contributed by atoms with van der Waals surface area (Å²) in [5, 5.41) is 4.73. The van der Waals surface area contributed by atoms with Gasteiger partial charge in [-0.2, -0.15) is 0 Å². The van der Waals surface area contributed by atoms with Crippen LogP contribution in [0.4, 0.5) is 0 Å². The molecule has 2 spiro atoms. The van der Waals surface area contributed by atoms with Crippen LogP contribution in [0.1, 0.15) is 44.5 Å². The summed E-state index contributed by atoms with van der Waals surface area (Å²) in [4.78, 5) is 12.4. The van der Waals surface area contributed by atoms with Crippen LogP contribution in [0.5, 0.6) is 0 Å². The van der Waals surface area contributed by atoms with Gasteiger partial charge in [0.05, 0.1) is 33.3 Å². The molecule has 0 saturated carbocycles. The first-order valence-electron chi connectivity index (χ1n) is 27.9. The van der Waals surface area contributed by atoms with Gasteiger partial charge in [0.2, 0.25) is 0 Å². The van der Waals surface area contributed by atoms with Crippen molar-refractivity contribution in [1.82, 2.24) is 9.97 Å². The molecule has 0 amide bonds. The highest BCUT2D eigenvalue weighted by Gasteiger charge is 2.53. The van der Waals surface area contributed by atoms with Crippen molar-refractivity contribution in [3.8, 4) is 89.3 Å². The van der Waals surface area contributed by atoms with Gasteiger partial charge in [0, 0.05) is 22.3 Å². The van der Waals surface area contributed by atoms with E-state index in [9.17, 15) is 0 Å². The number of aromatic nitrogens is 2. The maximum Gasteiger partial charge on any atom is 0.0979 e. The average Bonchev–Trinajstić information content (AvgIpc) is 3.94. The van der Waals surface area contributed by atoms with Crippen molar-refractivity contribution in [3.63, 3.8) is 0 Å². The first kappa shape index (κ1) is 43.8. The SMILES string of the molecule is c1ccc2c(c1)-c1ccccc1C21c2ccccc2-c2ccc(-c3nc4c(-c5cccc6ccccc56)ccc(-c5cccc6ccccc56)c4nc3-c3ccc4c(c3)C3(c5ccccc5-c5ccccc53)c3ccccc3-4)cc21. The number of hydrogen-bond donors (Lipinski definition) is 0. The fraction of sp³-hybridized carbons (Fsp3) is 0.0256. The van der Waals surface area contributed by atoms with Crippen molar-refractivity contribution in [2.75, 3.05) is 0 Å². The molecule has 14 aromatic rings. The summed E-state index contributed by atoms with van der Waals surface area (Å²) in [7, 11) is 0. The standard InChI is InChI=1S/C78H46N2/c1-3-23-51-47(19-1)21-17-31-53(51)63-43-44-64(54-32-18-22-48-20-2-4-24-52(48)54)76-75(63)79-73(49-39-41-61-59-29-9-15-37-69(59)77(71(61)45-49)65-33-11-5-25-55(65)56-26-6-12-34-66(56)77)74(80-76)50-40-42-62-60-30-10-16-38-70(60)78(72(62)46-50)67-35-13-7-27-57(67)58-28-8-14-36-68(58)78/h1-46H. The Balaban J connectivity index is 0.975. The molecular formula is C78H46N2.